The van der Waals surface area contributed by atoms with Crippen molar-refractivity contribution in [2.24, 2.45) is 0 Å². The van der Waals surface area contributed by atoms with E-state index in [0.29, 0.717) is 18.3 Å². The molecule has 0 atom stereocenters. The Labute approximate surface area is 112 Å². The Morgan fingerprint density at radius 2 is 2.11 bits per heavy atom. The molecule has 1 N–H and O–H groups in total. The molecule has 5 heteroatoms. The quantitative estimate of drug-likeness (QED) is 0.771. The van der Waals surface area contributed by atoms with Crippen molar-refractivity contribution in [2.45, 2.75) is 32.9 Å². The van der Waals surface area contributed by atoms with Crippen LogP contribution in [0, 0.1) is 5.82 Å². The van der Waals surface area contributed by atoms with E-state index in [2.05, 4.69) is 10.1 Å². The molecule has 0 radical (unpaired) electrons. The van der Waals surface area contributed by atoms with Crippen molar-refractivity contribution in [2.75, 3.05) is 13.7 Å². The standard InChI is InChI=1S/C14H20FNO3/c1-10(2)16-9-11-6-12(15)8-13(7-11)19-5-4-14(17)18-3/h6-8,10,16H,4-5,9H2,1-3H3. The predicted octanol–water partition coefficient (Wildman–Crippen LogP) is 2.27. The zero-order chi connectivity index (χ0) is 14.3. The lowest BCUT2D eigenvalue weighted by Gasteiger charge is -2.11. The second kappa shape index (κ2) is 7.74. The molecule has 0 spiro atoms. The number of methoxy groups -OCH3 is 1. The van der Waals surface area contributed by atoms with Gasteiger partial charge in [0.15, 0.2) is 0 Å². The van der Waals surface area contributed by atoms with E-state index in [9.17, 15) is 9.18 Å². The van der Waals surface area contributed by atoms with Crippen LogP contribution in [0.1, 0.15) is 25.8 Å². The van der Waals surface area contributed by atoms with Crippen LogP contribution >= 0.6 is 0 Å². The first-order valence-corrected chi connectivity index (χ1v) is 6.23. The summed E-state index contributed by atoms with van der Waals surface area (Å²) in [5.41, 5.74) is 0.807. The lowest BCUT2D eigenvalue weighted by atomic mass is 10.2. The maximum Gasteiger partial charge on any atom is 0.308 e. The number of hydrogen-bond acceptors (Lipinski definition) is 4. The second-order valence-electron chi connectivity index (χ2n) is 4.51. The first-order chi connectivity index (χ1) is 9.01. The Hall–Kier alpha value is -1.62. The molecule has 0 saturated carbocycles. The third-order valence-electron chi connectivity index (χ3n) is 2.45. The molecule has 1 aromatic carbocycles. The molecule has 4 nitrogen and oxygen atoms in total. The number of halogens is 1. The van der Waals surface area contributed by atoms with Crippen LogP contribution in [0.3, 0.4) is 0 Å². The van der Waals surface area contributed by atoms with E-state index < -0.39 is 0 Å². The van der Waals surface area contributed by atoms with Gasteiger partial charge < -0.3 is 14.8 Å². The van der Waals surface area contributed by atoms with Gasteiger partial charge in [-0.2, -0.15) is 0 Å². The highest BCUT2D eigenvalue weighted by Crippen LogP contribution is 2.17. The number of benzene rings is 1. The summed E-state index contributed by atoms with van der Waals surface area (Å²) in [5, 5.41) is 3.20. The molecule has 0 aromatic heterocycles. The average molecular weight is 269 g/mol. The van der Waals surface area contributed by atoms with Crippen LogP contribution in [0.5, 0.6) is 5.75 Å². The van der Waals surface area contributed by atoms with Crippen molar-refractivity contribution >= 4 is 5.97 Å². The number of carbonyl (C=O) groups excluding carboxylic acids is 1. The monoisotopic (exact) mass is 269 g/mol. The lowest BCUT2D eigenvalue weighted by Crippen LogP contribution is -2.21. The van der Waals surface area contributed by atoms with Gasteiger partial charge in [0.05, 0.1) is 20.1 Å². The molecule has 0 bridgehead atoms. The number of ether oxygens (including phenoxy) is 2. The molecule has 1 aromatic rings. The highest BCUT2D eigenvalue weighted by atomic mass is 19.1. The minimum atomic E-state index is -0.351. The van der Waals surface area contributed by atoms with Crippen LogP contribution in [0.4, 0.5) is 4.39 Å². The molecule has 0 fully saturated rings. The van der Waals surface area contributed by atoms with E-state index in [1.54, 1.807) is 6.07 Å². The average Bonchev–Trinajstić information content (AvgIpc) is 2.35. The molecule has 1 rings (SSSR count). The molecule has 19 heavy (non-hydrogen) atoms. The fourth-order valence-corrected chi connectivity index (χ4v) is 1.48. The minimum absolute atomic E-state index is 0.145. The summed E-state index contributed by atoms with van der Waals surface area (Å²) in [6.45, 7) is 4.79. The summed E-state index contributed by atoms with van der Waals surface area (Å²) in [7, 11) is 1.32. The molecule has 0 unspecified atom stereocenters. The van der Waals surface area contributed by atoms with Crippen molar-refractivity contribution in [1.29, 1.82) is 0 Å². The second-order valence-corrected chi connectivity index (χ2v) is 4.51. The maximum absolute atomic E-state index is 13.4. The Bertz CT molecular complexity index is 421. The van der Waals surface area contributed by atoms with Crippen LogP contribution < -0.4 is 10.1 Å². The number of nitrogens with one attached hydrogen (secondary N) is 1. The molecule has 0 saturated heterocycles. The number of rotatable bonds is 7. The molecule has 0 heterocycles. The highest BCUT2D eigenvalue weighted by molar-refractivity contribution is 5.69. The van der Waals surface area contributed by atoms with E-state index >= 15 is 0 Å². The zero-order valence-electron chi connectivity index (χ0n) is 11.5. The predicted molar refractivity (Wildman–Crippen MR) is 70.5 cm³/mol. The van der Waals surface area contributed by atoms with Gasteiger partial charge >= 0.3 is 5.97 Å². The number of esters is 1. The summed E-state index contributed by atoms with van der Waals surface area (Å²) in [5.74, 6) is -0.279. The summed E-state index contributed by atoms with van der Waals surface area (Å²) in [4.78, 5) is 10.9. The SMILES string of the molecule is COC(=O)CCOc1cc(F)cc(CNC(C)C)c1. The van der Waals surface area contributed by atoms with Gasteiger partial charge in [-0.25, -0.2) is 4.39 Å². The van der Waals surface area contributed by atoms with E-state index in [1.807, 2.05) is 13.8 Å². The van der Waals surface area contributed by atoms with Gasteiger partial charge in [-0.05, 0) is 17.7 Å². The van der Waals surface area contributed by atoms with Gasteiger partial charge in [-0.1, -0.05) is 13.8 Å². The normalized spacial score (nSPS) is 10.6. The van der Waals surface area contributed by atoms with Crippen molar-refractivity contribution in [1.82, 2.24) is 5.32 Å². The van der Waals surface area contributed by atoms with Crippen molar-refractivity contribution < 1.29 is 18.7 Å². The summed E-state index contributed by atoms with van der Waals surface area (Å²) in [6.07, 6.45) is 0.145. The van der Waals surface area contributed by atoms with Crippen LogP contribution in [0.25, 0.3) is 0 Å². The van der Waals surface area contributed by atoms with Gasteiger partial charge in [0.2, 0.25) is 0 Å². The molecule has 0 aliphatic carbocycles. The van der Waals surface area contributed by atoms with Crippen LogP contribution in [0.2, 0.25) is 0 Å². The Balaban J connectivity index is 2.55. The first kappa shape index (κ1) is 15.4. The van der Waals surface area contributed by atoms with Crippen molar-refractivity contribution in [3.63, 3.8) is 0 Å². The highest BCUT2D eigenvalue weighted by Gasteiger charge is 2.05. The third kappa shape index (κ3) is 6.20. The molecular weight excluding hydrogens is 249 g/mol. The van der Waals surface area contributed by atoms with Crippen molar-refractivity contribution in [3.8, 4) is 5.75 Å². The van der Waals surface area contributed by atoms with E-state index in [0.717, 1.165) is 5.56 Å². The fraction of sp³-hybridized carbons (Fsp3) is 0.500. The van der Waals surface area contributed by atoms with Crippen LogP contribution in [0.15, 0.2) is 18.2 Å². The van der Waals surface area contributed by atoms with Crippen molar-refractivity contribution in [3.05, 3.63) is 29.6 Å². The minimum Gasteiger partial charge on any atom is -0.493 e. The summed E-state index contributed by atoms with van der Waals surface area (Å²) in [6, 6.07) is 4.85. The van der Waals surface area contributed by atoms with Crippen LogP contribution in [-0.4, -0.2) is 25.7 Å². The van der Waals surface area contributed by atoms with Gasteiger partial charge in [-0.15, -0.1) is 0 Å². The maximum atomic E-state index is 13.4. The van der Waals surface area contributed by atoms with E-state index in [-0.39, 0.29) is 24.8 Å². The van der Waals surface area contributed by atoms with Gasteiger partial charge in [0, 0.05) is 18.7 Å². The van der Waals surface area contributed by atoms with E-state index in [1.165, 1.54) is 19.2 Å². The topological polar surface area (TPSA) is 47.6 Å². The molecule has 0 aliphatic heterocycles. The first-order valence-electron chi connectivity index (χ1n) is 6.23. The summed E-state index contributed by atoms with van der Waals surface area (Å²) < 4.78 is 23.2. The molecule has 0 amide bonds. The van der Waals surface area contributed by atoms with Gasteiger partial charge in [0.1, 0.15) is 11.6 Å². The molecular formula is C14H20FNO3. The fourth-order valence-electron chi connectivity index (χ4n) is 1.48. The number of hydrogen-bond donors (Lipinski definition) is 1. The largest absolute Gasteiger partial charge is 0.493 e. The Morgan fingerprint density at radius 1 is 1.37 bits per heavy atom. The molecule has 106 valence electrons. The zero-order valence-corrected chi connectivity index (χ0v) is 11.5. The molecule has 0 aliphatic rings. The van der Waals surface area contributed by atoms with Gasteiger partial charge in [-0.3, -0.25) is 4.79 Å². The van der Waals surface area contributed by atoms with E-state index in [4.69, 9.17) is 4.74 Å². The van der Waals surface area contributed by atoms with Crippen LogP contribution in [-0.2, 0) is 16.1 Å². The van der Waals surface area contributed by atoms with Gasteiger partial charge in [0.25, 0.3) is 0 Å². The Morgan fingerprint density at radius 3 is 2.74 bits per heavy atom. The Kier molecular flexibility index (Phi) is 6.29. The summed E-state index contributed by atoms with van der Waals surface area (Å²) >= 11 is 0. The third-order valence-corrected chi connectivity index (χ3v) is 2.45. The number of carbonyl (C=O) groups is 1. The smallest absolute Gasteiger partial charge is 0.308 e. The lowest BCUT2D eigenvalue weighted by molar-refractivity contribution is -0.141.